The summed E-state index contributed by atoms with van der Waals surface area (Å²) in [7, 11) is 2.51. The number of benzene rings is 2. The third-order valence-corrected chi connectivity index (χ3v) is 5.13. The van der Waals surface area contributed by atoms with Crippen LogP contribution in [0.5, 0.6) is 0 Å². The van der Waals surface area contributed by atoms with Gasteiger partial charge in [0.15, 0.2) is 6.29 Å². The van der Waals surface area contributed by atoms with Crippen molar-refractivity contribution >= 4 is 6.29 Å². The van der Waals surface area contributed by atoms with E-state index in [9.17, 15) is 62.6 Å². The summed E-state index contributed by atoms with van der Waals surface area (Å²) in [5.74, 6) is 0. The molecule has 0 aliphatic rings. The summed E-state index contributed by atoms with van der Waals surface area (Å²) in [4.78, 5) is 10.3. The van der Waals surface area contributed by atoms with Crippen molar-refractivity contribution in [3.8, 4) is 0 Å². The first-order chi connectivity index (χ1) is 17.5. The normalized spacial score (nSPS) is 13.7. The molecule has 0 saturated carbocycles. The minimum Gasteiger partial charge on any atom is -0.369 e. The van der Waals surface area contributed by atoms with Crippen LogP contribution in [-0.4, -0.2) is 55.4 Å². The van der Waals surface area contributed by atoms with Crippen LogP contribution in [0.3, 0.4) is 0 Å². The minimum atomic E-state index is -5.92. The lowest BCUT2D eigenvalue weighted by molar-refractivity contribution is -0.376. The van der Waals surface area contributed by atoms with Crippen LogP contribution in [0.1, 0.15) is 33.3 Å². The van der Waals surface area contributed by atoms with Gasteiger partial charge in [0.1, 0.15) is 6.29 Å². The lowest BCUT2D eigenvalue weighted by Crippen LogP contribution is -2.53. The van der Waals surface area contributed by atoms with Crippen molar-refractivity contribution in [2.24, 2.45) is 0 Å². The van der Waals surface area contributed by atoms with Gasteiger partial charge in [-0.05, 0) is 0 Å². The molecule has 0 spiro atoms. The van der Waals surface area contributed by atoms with Crippen molar-refractivity contribution < 1.29 is 77.2 Å². The highest BCUT2D eigenvalue weighted by Gasteiger charge is 2.72. The number of aldehydes is 1. The predicted octanol–water partition coefficient (Wildman–Crippen LogP) is 6.10. The van der Waals surface area contributed by atoms with Crippen molar-refractivity contribution in [2.45, 2.75) is 42.2 Å². The first-order valence-corrected chi connectivity index (χ1v) is 9.96. The first-order valence-electron chi connectivity index (χ1n) is 9.96. The number of hydrogen-bond acceptors (Lipinski definition) is 5. The maximum Gasteiger partial charge on any atom is 0.430 e. The van der Waals surface area contributed by atoms with Crippen molar-refractivity contribution in [2.75, 3.05) is 14.2 Å². The second kappa shape index (κ2) is 11.7. The highest BCUT2D eigenvalue weighted by molar-refractivity contribution is 5.74. The molecule has 220 valence electrons. The molecular formula is C22H18F12O5. The van der Waals surface area contributed by atoms with Crippen molar-refractivity contribution in [3.63, 3.8) is 0 Å². The van der Waals surface area contributed by atoms with Gasteiger partial charge in [-0.3, -0.25) is 4.79 Å². The van der Waals surface area contributed by atoms with E-state index < -0.39 is 53.3 Å². The summed E-state index contributed by atoms with van der Waals surface area (Å²) in [6.07, 6.45) is -24.3. The highest BCUT2D eigenvalue weighted by atomic mass is 19.4. The van der Waals surface area contributed by atoms with E-state index in [-0.39, 0.29) is 17.4 Å². The Hall–Kier alpha value is -2.89. The number of carbonyl (C=O) groups is 1. The number of halogens is 12. The third-order valence-electron chi connectivity index (χ3n) is 5.13. The number of aliphatic hydroxyl groups is 2. The van der Waals surface area contributed by atoms with Crippen LogP contribution < -0.4 is 0 Å². The number of alkyl halides is 12. The van der Waals surface area contributed by atoms with E-state index in [1.165, 1.54) is 14.2 Å². The van der Waals surface area contributed by atoms with Gasteiger partial charge in [0.2, 0.25) is 0 Å². The smallest absolute Gasteiger partial charge is 0.369 e. The second-order valence-corrected chi connectivity index (χ2v) is 7.58. The molecule has 0 unspecified atom stereocenters. The van der Waals surface area contributed by atoms with E-state index in [1.807, 2.05) is 0 Å². The Kier molecular flexibility index (Phi) is 10.2. The number of carbonyl (C=O) groups excluding carboxylic acids is 1. The molecule has 39 heavy (non-hydrogen) atoms. The Labute approximate surface area is 211 Å². The summed E-state index contributed by atoms with van der Waals surface area (Å²) in [5, 5.41) is 18.2. The molecule has 2 N–H and O–H groups in total. The molecule has 2 aromatic rings. The molecule has 5 nitrogen and oxygen atoms in total. The minimum absolute atomic E-state index is 0.106. The van der Waals surface area contributed by atoms with Gasteiger partial charge in [-0.15, -0.1) is 0 Å². The Morgan fingerprint density at radius 2 is 0.872 bits per heavy atom. The summed E-state index contributed by atoms with van der Waals surface area (Å²) >= 11 is 0. The lowest BCUT2D eigenvalue weighted by Gasteiger charge is -2.32. The quantitative estimate of drug-likeness (QED) is 0.242. The molecule has 2 rings (SSSR count). The van der Waals surface area contributed by atoms with Crippen molar-refractivity contribution in [1.29, 1.82) is 0 Å². The molecular weight excluding hydrogens is 572 g/mol. The number of hydrogen-bond donors (Lipinski definition) is 2. The maximum absolute atomic E-state index is 12.7. The van der Waals surface area contributed by atoms with E-state index in [4.69, 9.17) is 14.6 Å². The summed E-state index contributed by atoms with van der Waals surface area (Å²) in [6.45, 7) is 0. The molecule has 0 heterocycles. The van der Waals surface area contributed by atoms with E-state index in [2.05, 4.69) is 0 Å². The van der Waals surface area contributed by atoms with E-state index in [0.717, 1.165) is 24.3 Å². The Balaban J connectivity index is 0.000000395. The molecule has 17 heteroatoms. The average Bonchev–Trinajstić information content (AvgIpc) is 2.82. The number of rotatable bonds is 6. The molecule has 0 amide bonds. The van der Waals surface area contributed by atoms with Crippen LogP contribution >= 0.6 is 0 Å². The molecule has 0 fully saturated rings. The molecule has 0 saturated heterocycles. The highest BCUT2D eigenvalue weighted by Crippen LogP contribution is 2.51. The zero-order valence-corrected chi connectivity index (χ0v) is 19.4. The fourth-order valence-electron chi connectivity index (χ4n) is 3.03. The Bertz CT molecular complexity index is 1040. The summed E-state index contributed by atoms with van der Waals surface area (Å²) in [6, 6.07) is 5.29. The average molecular weight is 590 g/mol. The van der Waals surface area contributed by atoms with Gasteiger partial charge >= 0.3 is 24.7 Å². The van der Waals surface area contributed by atoms with Crippen LogP contribution in [0.2, 0.25) is 0 Å². The van der Waals surface area contributed by atoms with Crippen LogP contribution in [0, 0.1) is 0 Å². The molecule has 0 radical (unpaired) electrons. The zero-order valence-electron chi connectivity index (χ0n) is 19.4. The predicted molar refractivity (Wildman–Crippen MR) is 107 cm³/mol. The number of ether oxygens (including phenoxy) is 2. The van der Waals surface area contributed by atoms with Crippen LogP contribution in [0.15, 0.2) is 48.5 Å². The van der Waals surface area contributed by atoms with Gasteiger partial charge in [-0.2, -0.15) is 52.7 Å². The van der Waals surface area contributed by atoms with Gasteiger partial charge in [-0.1, -0.05) is 48.5 Å². The molecule has 0 aromatic heterocycles. The molecule has 2 aromatic carbocycles. The SMILES string of the molecule is COC(OC)c1ccc(C(O)(C(F)(F)F)C(F)(F)F)cc1.O=Cc1ccc(C(O)(C(F)(F)F)C(F)(F)F)cc1. The van der Waals surface area contributed by atoms with Gasteiger partial charge in [0, 0.05) is 36.5 Å². The third kappa shape index (κ3) is 6.82. The summed E-state index contributed by atoms with van der Waals surface area (Å²) in [5.41, 5.74) is -12.5. The molecule has 0 aliphatic carbocycles. The van der Waals surface area contributed by atoms with Crippen LogP contribution in [0.4, 0.5) is 52.7 Å². The fraction of sp³-hybridized carbons (Fsp3) is 0.409. The van der Waals surface area contributed by atoms with Crippen LogP contribution in [0.25, 0.3) is 0 Å². The van der Waals surface area contributed by atoms with E-state index in [1.54, 1.807) is 0 Å². The summed E-state index contributed by atoms with van der Waals surface area (Å²) < 4.78 is 160. The topological polar surface area (TPSA) is 76.0 Å². The zero-order chi connectivity index (χ0) is 30.7. The molecule has 0 aliphatic heterocycles. The standard InChI is InChI=1S/C12H12F6O3.C10H6F6O2/c1-20-9(21-2)7-3-5-8(6-4-7)10(19,11(13,14)15)12(16,17)18;11-9(12,13)8(18,10(14,15)16)7-3-1-6(5-17)2-4-7/h3-6,9,19H,1-2H3;1-5,18H. The van der Waals surface area contributed by atoms with Gasteiger partial charge in [-0.25, -0.2) is 0 Å². The van der Waals surface area contributed by atoms with E-state index >= 15 is 0 Å². The van der Waals surface area contributed by atoms with Gasteiger partial charge in [0.05, 0.1) is 0 Å². The molecule has 0 bridgehead atoms. The first kappa shape index (κ1) is 34.1. The van der Waals surface area contributed by atoms with E-state index in [0.29, 0.717) is 24.3 Å². The lowest BCUT2D eigenvalue weighted by atomic mass is 9.91. The van der Waals surface area contributed by atoms with Gasteiger partial charge < -0.3 is 19.7 Å². The fourth-order valence-corrected chi connectivity index (χ4v) is 3.03. The Morgan fingerprint density at radius 3 is 1.10 bits per heavy atom. The second-order valence-electron chi connectivity index (χ2n) is 7.58. The Morgan fingerprint density at radius 1 is 0.590 bits per heavy atom. The monoisotopic (exact) mass is 590 g/mol. The van der Waals surface area contributed by atoms with Gasteiger partial charge in [0.25, 0.3) is 11.2 Å². The maximum atomic E-state index is 12.7. The van der Waals surface area contributed by atoms with Crippen LogP contribution in [-0.2, 0) is 20.7 Å². The molecule has 0 atom stereocenters. The largest absolute Gasteiger partial charge is 0.430 e. The van der Waals surface area contributed by atoms with Crippen molar-refractivity contribution in [3.05, 3.63) is 70.8 Å². The van der Waals surface area contributed by atoms with Crippen molar-refractivity contribution in [1.82, 2.24) is 0 Å². The number of methoxy groups -OCH3 is 2.